The van der Waals surface area contributed by atoms with Gasteiger partial charge in [-0.05, 0) is 55.3 Å². The Bertz CT molecular complexity index is 1580. The van der Waals surface area contributed by atoms with Gasteiger partial charge in [-0.2, -0.15) is 9.78 Å². The van der Waals surface area contributed by atoms with E-state index in [1.54, 1.807) is 30.3 Å². The molecule has 0 unspecified atom stereocenters. The van der Waals surface area contributed by atoms with E-state index in [-0.39, 0.29) is 17.5 Å². The van der Waals surface area contributed by atoms with E-state index in [0.29, 0.717) is 43.6 Å². The van der Waals surface area contributed by atoms with E-state index < -0.39 is 0 Å². The van der Waals surface area contributed by atoms with Gasteiger partial charge in [-0.25, -0.2) is 4.98 Å². The lowest BCUT2D eigenvalue weighted by Crippen LogP contribution is -2.20. The van der Waals surface area contributed by atoms with E-state index in [9.17, 15) is 4.79 Å². The van der Waals surface area contributed by atoms with Crippen molar-refractivity contribution >= 4 is 51.3 Å². The van der Waals surface area contributed by atoms with Crippen LogP contribution in [-0.4, -0.2) is 22.0 Å². The molecule has 0 aliphatic heterocycles. The number of rotatable bonds is 6. The van der Waals surface area contributed by atoms with E-state index in [4.69, 9.17) is 32.4 Å². The second-order valence-corrected chi connectivity index (χ2v) is 8.93. The van der Waals surface area contributed by atoms with Gasteiger partial charge in [0.05, 0.1) is 33.3 Å². The highest BCUT2D eigenvalue weighted by molar-refractivity contribution is 6.37. The normalized spacial score (nSPS) is 12.6. The summed E-state index contributed by atoms with van der Waals surface area (Å²) in [6.07, 6.45) is 2.30. The first-order chi connectivity index (χ1) is 16.9. The van der Waals surface area contributed by atoms with Gasteiger partial charge in [0.15, 0.2) is 11.5 Å². The minimum atomic E-state index is -0.323. The molecule has 5 aromatic rings. The fraction of sp³-hybridized carbons (Fsp3) is 0.148. The maximum absolute atomic E-state index is 13.4. The van der Waals surface area contributed by atoms with Crippen molar-refractivity contribution < 1.29 is 9.15 Å². The van der Waals surface area contributed by atoms with Gasteiger partial charge in [0, 0.05) is 5.39 Å². The highest BCUT2D eigenvalue weighted by atomic mass is 35.5. The van der Waals surface area contributed by atoms with Crippen molar-refractivity contribution in [2.45, 2.75) is 26.4 Å². The Kier molecular flexibility index (Phi) is 6.32. The average molecular weight is 506 g/mol. The minimum absolute atomic E-state index is 0.0295. The molecule has 176 valence electrons. The van der Waals surface area contributed by atoms with Crippen molar-refractivity contribution in [1.82, 2.24) is 9.66 Å². The predicted molar refractivity (Wildman–Crippen MR) is 141 cm³/mol. The number of para-hydroxylation sites is 2. The van der Waals surface area contributed by atoms with E-state index in [1.807, 2.05) is 50.2 Å². The SMILES string of the molecule is CC[C@@H](C)Oc1c(Cl)cc(C=Nn2c(-c3cc4ccccc4o3)nc3ccccc3c2=O)cc1Cl. The summed E-state index contributed by atoms with van der Waals surface area (Å²) in [5, 5.41) is 6.53. The number of hydrogen-bond donors (Lipinski definition) is 0. The number of fused-ring (bicyclic) bond motifs is 2. The second-order valence-electron chi connectivity index (χ2n) is 8.11. The summed E-state index contributed by atoms with van der Waals surface area (Å²) in [7, 11) is 0. The van der Waals surface area contributed by atoms with Gasteiger partial charge in [-0.3, -0.25) is 4.79 Å². The molecule has 0 saturated heterocycles. The molecule has 5 rings (SSSR count). The van der Waals surface area contributed by atoms with Gasteiger partial charge in [0.2, 0.25) is 5.82 Å². The molecule has 0 spiro atoms. The summed E-state index contributed by atoms with van der Waals surface area (Å²) in [4.78, 5) is 18.1. The van der Waals surface area contributed by atoms with Crippen molar-refractivity contribution in [3.05, 3.63) is 92.7 Å². The van der Waals surface area contributed by atoms with Gasteiger partial charge < -0.3 is 9.15 Å². The van der Waals surface area contributed by atoms with Crippen LogP contribution in [0.1, 0.15) is 25.8 Å². The summed E-state index contributed by atoms with van der Waals surface area (Å²) in [6, 6.07) is 19.9. The molecule has 0 saturated carbocycles. The molecule has 0 fully saturated rings. The third kappa shape index (κ3) is 4.55. The van der Waals surface area contributed by atoms with Gasteiger partial charge in [0.25, 0.3) is 5.56 Å². The fourth-order valence-corrected chi connectivity index (χ4v) is 4.25. The van der Waals surface area contributed by atoms with E-state index in [1.165, 1.54) is 10.9 Å². The summed E-state index contributed by atoms with van der Waals surface area (Å²) in [6.45, 7) is 3.96. The van der Waals surface area contributed by atoms with E-state index in [2.05, 4.69) is 10.1 Å². The zero-order valence-corrected chi connectivity index (χ0v) is 20.5. The smallest absolute Gasteiger partial charge is 0.282 e. The van der Waals surface area contributed by atoms with Crippen LogP contribution in [0.4, 0.5) is 0 Å². The molecule has 0 bridgehead atoms. The van der Waals surface area contributed by atoms with Crippen LogP contribution in [0, 0.1) is 0 Å². The Hall–Kier alpha value is -3.61. The van der Waals surface area contributed by atoms with Gasteiger partial charge >= 0.3 is 0 Å². The first kappa shape index (κ1) is 23.1. The highest BCUT2D eigenvalue weighted by Gasteiger charge is 2.17. The number of hydrogen-bond acceptors (Lipinski definition) is 5. The van der Waals surface area contributed by atoms with Gasteiger partial charge in [-0.15, -0.1) is 0 Å². The van der Waals surface area contributed by atoms with Crippen LogP contribution in [0.5, 0.6) is 5.75 Å². The molecule has 0 radical (unpaired) electrons. The van der Waals surface area contributed by atoms with Gasteiger partial charge in [0.1, 0.15) is 5.58 Å². The number of benzene rings is 3. The molecule has 8 heteroatoms. The summed E-state index contributed by atoms with van der Waals surface area (Å²) >= 11 is 12.9. The third-order valence-electron chi connectivity index (χ3n) is 5.64. The molecule has 2 aromatic heterocycles. The largest absolute Gasteiger partial charge is 0.488 e. The number of nitrogens with zero attached hydrogens (tertiary/aromatic N) is 3. The molecule has 0 aliphatic rings. The van der Waals surface area contributed by atoms with Crippen LogP contribution in [-0.2, 0) is 0 Å². The summed E-state index contributed by atoms with van der Waals surface area (Å²) in [5.74, 6) is 1.14. The molecule has 2 heterocycles. The Balaban J connectivity index is 1.63. The molecule has 1 atom stereocenters. The predicted octanol–water partition coefficient (Wildman–Crippen LogP) is 7.18. The van der Waals surface area contributed by atoms with Crippen molar-refractivity contribution in [2.75, 3.05) is 0 Å². The van der Waals surface area contributed by atoms with Crippen LogP contribution >= 0.6 is 23.2 Å². The van der Waals surface area contributed by atoms with E-state index in [0.717, 1.165) is 11.8 Å². The zero-order chi connectivity index (χ0) is 24.5. The van der Waals surface area contributed by atoms with Crippen LogP contribution in [0.25, 0.3) is 33.5 Å². The molecule has 0 amide bonds. The van der Waals surface area contributed by atoms with Crippen molar-refractivity contribution in [1.29, 1.82) is 0 Å². The zero-order valence-electron chi connectivity index (χ0n) is 19.0. The quantitative estimate of drug-likeness (QED) is 0.229. The Morgan fingerprint density at radius 3 is 2.54 bits per heavy atom. The van der Waals surface area contributed by atoms with Crippen molar-refractivity contribution in [2.24, 2.45) is 5.10 Å². The average Bonchev–Trinajstić information content (AvgIpc) is 3.29. The number of aromatic nitrogens is 2. The number of halogens is 2. The molecule has 0 aliphatic carbocycles. The molecular weight excluding hydrogens is 485 g/mol. The molecule has 3 aromatic carbocycles. The fourth-order valence-electron chi connectivity index (χ4n) is 3.66. The molecule has 35 heavy (non-hydrogen) atoms. The van der Waals surface area contributed by atoms with Gasteiger partial charge in [-0.1, -0.05) is 60.5 Å². The molecule has 6 nitrogen and oxygen atoms in total. The van der Waals surface area contributed by atoms with E-state index >= 15 is 0 Å². The lowest BCUT2D eigenvalue weighted by atomic mass is 10.2. The Labute approximate surface area is 211 Å². The van der Waals surface area contributed by atoms with Crippen LogP contribution < -0.4 is 10.3 Å². The van der Waals surface area contributed by atoms with Crippen LogP contribution in [0.3, 0.4) is 0 Å². The molecular formula is C27H21Cl2N3O3. The first-order valence-electron chi connectivity index (χ1n) is 11.2. The Morgan fingerprint density at radius 2 is 1.80 bits per heavy atom. The Morgan fingerprint density at radius 1 is 1.09 bits per heavy atom. The van der Waals surface area contributed by atoms with Crippen LogP contribution in [0.15, 0.2) is 81.0 Å². The number of furan rings is 1. The highest BCUT2D eigenvalue weighted by Crippen LogP contribution is 2.35. The summed E-state index contributed by atoms with van der Waals surface area (Å²) in [5.41, 5.74) is 1.52. The van der Waals surface area contributed by atoms with Crippen molar-refractivity contribution in [3.8, 4) is 17.3 Å². The monoisotopic (exact) mass is 505 g/mol. The van der Waals surface area contributed by atoms with Crippen molar-refractivity contribution in [3.63, 3.8) is 0 Å². The topological polar surface area (TPSA) is 69.6 Å². The molecule has 0 N–H and O–H groups in total. The minimum Gasteiger partial charge on any atom is -0.488 e. The lowest BCUT2D eigenvalue weighted by Gasteiger charge is -2.15. The third-order valence-corrected chi connectivity index (χ3v) is 6.20. The maximum atomic E-state index is 13.4. The van der Waals surface area contributed by atoms with Crippen LogP contribution in [0.2, 0.25) is 10.0 Å². The first-order valence-corrected chi connectivity index (χ1v) is 11.9. The lowest BCUT2D eigenvalue weighted by molar-refractivity contribution is 0.218. The second kappa shape index (κ2) is 9.56. The summed E-state index contributed by atoms with van der Waals surface area (Å²) < 4.78 is 13.1. The number of ether oxygens (including phenoxy) is 1. The maximum Gasteiger partial charge on any atom is 0.282 e. The standard InChI is InChI=1S/C27H21Cl2N3O3/c1-3-16(2)34-25-20(28)12-17(13-21(25)29)15-30-32-26(24-14-18-8-4-7-11-23(18)35-24)31-22-10-6-5-9-19(22)27(32)33/h4-16H,3H2,1-2H3/t16-/m1/s1.